The Morgan fingerprint density at radius 3 is 2.65 bits per heavy atom. The Balaban J connectivity index is 2.06. The van der Waals surface area contributed by atoms with Gasteiger partial charge in [-0.15, -0.1) is 0 Å². The van der Waals surface area contributed by atoms with Crippen LogP contribution >= 0.6 is 0 Å². The highest BCUT2D eigenvalue weighted by molar-refractivity contribution is 5.40. The molecule has 0 N–H and O–H groups in total. The van der Waals surface area contributed by atoms with Crippen molar-refractivity contribution < 1.29 is 4.39 Å². The van der Waals surface area contributed by atoms with Gasteiger partial charge in [-0.1, -0.05) is 0 Å². The van der Waals surface area contributed by atoms with Crippen LogP contribution in [0, 0.1) is 5.82 Å². The first-order chi connectivity index (χ1) is 8.08. The molecule has 4 heteroatoms. The van der Waals surface area contributed by atoms with E-state index in [2.05, 4.69) is 35.6 Å². The van der Waals surface area contributed by atoms with Crippen molar-refractivity contribution in [3.8, 4) is 0 Å². The van der Waals surface area contributed by atoms with E-state index in [-0.39, 0.29) is 5.82 Å². The van der Waals surface area contributed by atoms with E-state index in [0.29, 0.717) is 12.1 Å². The fourth-order valence-corrected chi connectivity index (χ4v) is 2.33. The third kappa shape index (κ3) is 2.75. The zero-order chi connectivity index (χ0) is 12.4. The molecule has 0 aliphatic carbocycles. The van der Waals surface area contributed by atoms with E-state index in [0.717, 1.165) is 25.5 Å². The summed E-state index contributed by atoms with van der Waals surface area (Å²) in [7, 11) is 0. The van der Waals surface area contributed by atoms with Crippen molar-refractivity contribution in [2.75, 3.05) is 24.5 Å². The molecule has 1 fully saturated rings. The molecule has 0 aromatic carbocycles. The highest BCUT2D eigenvalue weighted by Gasteiger charge is 2.25. The highest BCUT2D eigenvalue weighted by Crippen LogP contribution is 2.19. The van der Waals surface area contributed by atoms with E-state index in [1.807, 2.05) is 0 Å². The highest BCUT2D eigenvalue weighted by atomic mass is 19.1. The Morgan fingerprint density at radius 1 is 1.35 bits per heavy atom. The first kappa shape index (κ1) is 12.3. The average Bonchev–Trinajstić information content (AvgIpc) is 2.30. The van der Waals surface area contributed by atoms with Crippen LogP contribution < -0.4 is 4.90 Å². The second kappa shape index (κ2) is 5.00. The average molecular weight is 237 g/mol. The molecule has 0 saturated carbocycles. The normalized spacial score (nSPS) is 22.2. The van der Waals surface area contributed by atoms with Crippen LogP contribution in [0.5, 0.6) is 0 Å². The van der Waals surface area contributed by atoms with Gasteiger partial charge in [-0.3, -0.25) is 4.90 Å². The summed E-state index contributed by atoms with van der Waals surface area (Å²) in [5.74, 6) is 0.601. The smallest absolute Gasteiger partial charge is 0.141 e. The lowest BCUT2D eigenvalue weighted by Crippen LogP contribution is -2.54. The first-order valence-electron chi connectivity index (χ1n) is 6.20. The van der Waals surface area contributed by atoms with Crippen molar-refractivity contribution in [1.82, 2.24) is 9.88 Å². The summed E-state index contributed by atoms with van der Waals surface area (Å²) in [5, 5.41) is 0. The Kier molecular flexibility index (Phi) is 3.62. The van der Waals surface area contributed by atoms with E-state index < -0.39 is 0 Å². The summed E-state index contributed by atoms with van der Waals surface area (Å²) >= 11 is 0. The Morgan fingerprint density at radius 2 is 2.12 bits per heavy atom. The predicted octanol–water partition coefficient (Wildman–Crippen LogP) is 2.14. The van der Waals surface area contributed by atoms with Gasteiger partial charge in [0.05, 0.1) is 6.20 Å². The zero-order valence-electron chi connectivity index (χ0n) is 10.7. The van der Waals surface area contributed by atoms with Crippen LogP contribution in [0.15, 0.2) is 18.3 Å². The van der Waals surface area contributed by atoms with Crippen molar-refractivity contribution in [2.24, 2.45) is 0 Å². The SMILES string of the molecule is CC(C)N1CCN(c2ccc(F)cn2)C(C)C1. The van der Waals surface area contributed by atoms with Crippen molar-refractivity contribution in [3.05, 3.63) is 24.1 Å². The number of halogens is 1. The third-order valence-electron chi connectivity index (χ3n) is 3.40. The number of nitrogens with zero attached hydrogens (tertiary/aromatic N) is 3. The van der Waals surface area contributed by atoms with Gasteiger partial charge in [-0.05, 0) is 32.9 Å². The molecule has 0 amide bonds. The molecule has 1 saturated heterocycles. The number of rotatable bonds is 2. The lowest BCUT2D eigenvalue weighted by Gasteiger charge is -2.42. The minimum absolute atomic E-state index is 0.276. The standard InChI is InChI=1S/C13H20FN3/c1-10(2)16-6-7-17(11(3)9-16)13-5-4-12(14)8-15-13/h4-5,8,10-11H,6-7,9H2,1-3H3. The van der Waals surface area contributed by atoms with E-state index in [9.17, 15) is 4.39 Å². The topological polar surface area (TPSA) is 19.4 Å². The van der Waals surface area contributed by atoms with Crippen LogP contribution in [0.25, 0.3) is 0 Å². The summed E-state index contributed by atoms with van der Waals surface area (Å²) in [6.45, 7) is 9.67. The molecule has 94 valence electrons. The lowest BCUT2D eigenvalue weighted by molar-refractivity contribution is 0.185. The Bertz CT molecular complexity index is 363. The molecule has 1 aliphatic heterocycles. The van der Waals surface area contributed by atoms with Gasteiger partial charge in [-0.25, -0.2) is 9.37 Å². The van der Waals surface area contributed by atoms with Gasteiger partial charge in [0.2, 0.25) is 0 Å². The summed E-state index contributed by atoms with van der Waals surface area (Å²) in [6, 6.07) is 4.24. The fourth-order valence-electron chi connectivity index (χ4n) is 2.33. The van der Waals surface area contributed by atoms with Crippen molar-refractivity contribution in [2.45, 2.75) is 32.9 Å². The van der Waals surface area contributed by atoms with Gasteiger partial charge >= 0.3 is 0 Å². The fraction of sp³-hybridized carbons (Fsp3) is 0.615. The second-order valence-electron chi connectivity index (χ2n) is 4.97. The molecule has 1 aromatic rings. The zero-order valence-corrected chi connectivity index (χ0v) is 10.7. The van der Waals surface area contributed by atoms with Crippen molar-refractivity contribution in [1.29, 1.82) is 0 Å². The molecular weight excluding hydrogens is 217 g/mol. The van der Waals surface area contributed by atoms with Crippen LogP contribution in [-0.2, 0) is 0 Å². The number of hydrogen-bond donors (Lipinski definition) is 0. The van der Waals surface area contributed by atoms with Gasteiger partial charge in [0.1, 0.15) is 11.6 Å². The monoisotopic (exact) mass is 237 g/mol. The molecular formula is C13H20FN3. The Labute approximate surface area is 102 Å². The number of aromatic nitrogens is 1. The lowest BCUT2D eigenvalue weighted by atomic mass is 10.1. The van der Waals surface area contributed by atoms with Crippen LogP contribution in [0.3, 0.4) is 0 Å². The Hall–Kier alpha value is -1.16. The maximum absolute atomic E-state index is 12.8. The second-order valence-corrected chi connectivity index (χ2v) is 4.97. The first-order valence-corrected chi connectivity index (χ1v) is 6.20. The molecule has 0 spiro atoms. The van der Waals surface area contributed by atoms with Gasteiger partial charge in [0.15, 0.2) is 0 Å². The number of piperazine rings is 1. The molecule has 1 aliphatic rings. The van der Waals surface area contributed by atoms with Gasteiger partial charge in [-0.2, -0.15) is 0 Å². The predicted molar refractivity (Wildman–Crippen MR) is 67.7 cm³/mol. The molecule has 3 nitrogen and oxygen atoms in total. The van der Waals surface area contributed by atoms with Crippen molar-refractivity contribution >= 4 is 5.82 Å². The van der Waals surface area contributed by atoms with Crippen molar-refractivity contribution in [3.63, 3.8) is 0 Å². The largest absolute Gasteiger partial charge is 0.351 e. The molecule has 2 rings (SSSR count). The van der Waals surface area contributed by atoms with E-state index >= 15 is 0 Å². The van der Waals surface area contributed by atoms with Crippen LogP contribution in [-0.4, -0.2) is 41.6 Å². The molecule has 1 aromatic heterocycles. The number of pyridine rings is 1. The van der Waals surface area contributed by atoms with Crippen LogP contribution in [0.1, 0.15) is 20.8 Å². The van der Waals surface area contributed by atoms with Gasteiger partial charge in [0, 0.05) is 31.7 Å². The molecule has 2 heterocycles. The minimum Gasteiger partial charge on any atom is -0.351 e. The summed E-state index contributed by atoms with van der Waals surface area (Å²) < 4.78 is 12.8. The summed E-state index contributed by atoms with van der Waals surface area (Å²) in [4.78, 5) is 8.87. The number of hydrogen-bond acceptors (Lipinski definition) is 3. The van der Waals surface area contributed by atoms with E-state index in [1.165, 1.54) is 12.3 Å². The van der Waals surface area contributed by atoms with Gasteiger partial charge < -0.3 is 4.90 Å². The third-order valence-corrected chi connectivity index (χ3v) is 3.40. The molecule has 17 heavy (non-hydrogen) atoms. The van der Waals surface area contributed by atoms with Crippen LogP contribution in [0.2, 0.25) is 0 Å². The molecule has 1 unspecified atom stereocenters. The minimum atomic E-state index is -0.276. The summed E-state index contributed by atoms with van der Waals surface area (Å²) in [6.07, 6.45) is 1.29. The number of anilines is 1. The van der Waals surface area contributed by atoms with E-state index in [1.54, 1.807) is 6.07 Å². The maximum Gasteiger partial charge on any atom is 0.141 e. The maximum atomic E-state index is 12.8. The van der Waals surface area contributed by atoms with E-state index in [4.69, 9.17) is 0 Å². The van der Waals surface area contributed by atoms with Crippen LogP contribution in [0.4, 0.5) is 10.2 Å². The molecule has 0 radical (unpaired) electrons. The molecule has 0 bridgehead atoms. The van der Waals surface area contributed by atoms with Gasteiger partial charge in [0.25, 0.3) is 0 Å². The molecule has 1 atom stereocenters. The summed E-state index contributed by atoms with van der Waals surface area (Å²) in [5.41, 5.74) is 0. The quantitative estimate of drug-likeness (QED) is 0.785.